The van der Waals surface area contributed by atoms with Crippen molar-refractivity contribution in [1.29, 1.82) is 0 Å². The maximum Gasteiger partial charge on any atom is 0.0645 e. The van der Waals surface area contributed by atoms with Crippen LogP contribution in [0.4, 0.5) is 0 Å². The number of nitrogens with zero attached hydrogens (tertiary/aromatic N) is 1. The summed E-state index contributed by atoms with van der Waals surface area (Å²) < 4.78 is 5.30. The number of morpholine rings is 1. The van der Waals surface area contributed by atoms with Crippen LogP contribution in [-0.4, -0.2) is 48.0 Å². The van der Waals surface area contributed by atoms with Gasteiger partial charge in [0.15, 0.2) is 0 Å². The monoisotopic (exact) mass is 173 g/mol. The Balaban J connectivity index is 2.59. The van der Waals surface area contributed by atoms with Gasteiger partial charge in [-0.2, -0.15) is 0 Å². The predicted octanol–water partition coefficient (Wildman–Crippen LogP) is 0.478. The number of aliphatic hydroxyl groups is 1. The lowest BCUT2D eigenvalue weighted by molar-refractivity contribution is -0.0656. The summed E-state index contributed by atoms with van der Waals surface area (Å²) in [6, 6.07) is 0.179. The van der Waals surface area contributed by atoms with E-state index >= 15 is 0 Å². The van der Waals surface area contributed by atoms with Gasteiger partial charge in [-0.3, -0.25) is 4.90 Å². The second-order valence-corrected chi connectivity index (χ2v) is 4.28. The first-order valence-electron chi connectivity index (χ1n) is 4.51. The minimum atomic E-state index is 0.136. The third-order valence-electron chi connectivity index (χ3n) is 2.30. The number of aliphatic hydroxyl groups excluding tert-OH is 1. The molecule has 0 aromatic heterocycles. The van der Waals surface area contributed by atoms with Gasteiger partial charge >= 0.3 is 0 Å². The van der Waals surface area contributed by atoms with Gasteiger partial charge in [-0.15, -0.1) is 0 Å². The Morgan fingerprint density at radius 1 is 1.50 bits per heavy atom. The molecular weight excluding hydrogens is 154 g/mol. The average molecular weight is 173 g/mol. The van der Waals surface area contributed by atoms with Crippen LogP contribution in [-0.2, 0) is 4.74 Å². The van der Waals surface area contributed by atoms with Gasteiger partial charge in [0, 0.05) is 12.1 Å². The molecule has 3 heteroatoms. The third kappa shape index (κ3) is 2.19. The lowest BCUT2D eigenvalue weighted by Gasteiger charge is -2.43. The summed E-state index contributed by atoms with van der Waals surface area (Å²) in [5.41, 5.74) is 0.136. The van der Waals surface area contributed by atoms with Crippen LogP contribution in [0, 0.1) is 0 Å². The van der Waals surface area contributed by atoms with Crippen molar-refractivity contribution in [2.24, 2.45) is 0 Å². The highest BCUT2D eigenvalue weighted by Crippen LogP contribution is 2.19. The number of hydrogen-bond acceptors (Lipinski definition) is 3. The van der Waals surface area contributed by atoms with Gasteiger partial charge in [0.1, 0.15) is 0 Å². The van der Waals surface area contributed by atoms with Crippen LogP contribution in [0.5, 0.6) is 0 Å². The molecular formula is C9H19NO2. The van der Waals surface area contributed by atoms with E-state index in [0.717, 1.165) is 13.2 Å². The van der Waals surface area contributed by atoms with Crippen molar-refractivity contribution in [2.75, 3.05) is 26.4 Å². The summed E-state index contributed by atoms with van der Waals surface area (Å²) in [7, 11) is 0. The van der Waals surface area contributed by atoms with E-state index in [1.54, 1.807) is 0 Å². The topological polar surface area (TPSA) is 32.7 Å². The fraction of sp³-hybridized carbons (Fsp3) is 1.00. The van der Waals surface area contributed by atoms with E-state index < -0.39 is 0 Å². The molecule has 0 bridgehead atoms. The van der Waals surface area contributed by atoms with E-state index in [4.69, 9.17) is 9.84 Å². The van der Waals surface area contributed by atoms with Crippen molar-refractivity contribution in [3.63, 3.8) is 0 Å². The normalized spacial score (nSPS) is 27.5. The molecule has 1 atom stereocenters. The Labute approximate surface area is 74.3 Å². The maximum atomic E-state index is 9.10. The van der Waals surface area contributed by atoms with Gasteiger partial charge < -0.3 is 9.84 Å². The Morgan fingerprint density at radius 3 is 2.58 bits per heavy atom. The molecule has 0 aromatic rings. The van der Waals surface area contributed by atoms with Crippen LogP contribution in [0.15, 0.2) is 0 Å². The zero-order valence-electron chi connectivity index (χ0n) is 8.21. The molecule has 0 saturated carbocycles. The van der Waals surface area contributed by atoms with E-state index in [1.807, 2.05) is 0 Å². The zero-order valence-corrected chi connectivity index (χ0v) is 8.21. The molecule has 72 valence electrons. The molecule has 1 rings (SSSR count). The highest BCUT2D eigenvalue weighted by atomic mass is 16.5. The van der Waals surface area contributed by atoms with Crippen molar-refractivity contribution < 1.29 is 9.84 Å². The summed E-state index contributed by atoms with van der Waals surface area (Å²) in [6.45, 7) is 9.07. The SMILES string of the molecule is CC(C)(C)N1CCOC[C@H]1CO. The first-order chi connectivity index (χ1) is 5.55. The first-order valence-corrected chi connectivity index (χ1v) is 4.51. The molecule has 0 unspecified atom stereocenters. The Hall–Kier alpha value is -0.120. The van der Waals surface area contributed by atoms with E-state index in [9.17, 15) is 0 Å². The lowest BCUT2D eigenvalue weighted by atomic mass is 10.0. The van der Waals surface area contributed by atoms with Crippen LogP contribution >= 0.6 is 0 Å². The molecule has 1 saturated heterocycles. The molecule has 0 radical (unpaired) electrons. The molecule has 0 amide bonds. The molecule has 1 aliphatic rings. The van der Waals surface area contributed by atoms with E-state index in [-0.39, 0.29) is 18.2 Å². The fourth-order valence-electron chi connectivity index (χ4n) is 1.69. The van der Waals surface area contributed by atoms with Crippen molar-refractivity contribution in [3.05, 3.63) is 0 Å². The van der Waals surface area contributed by atoms with Gasteiger partial charge in [0.05, 0.1) is 25.9 Å². The molecule has 1 fully saturated rings. The van der Waals surface area contributed by atoms with Gasteiger partial charge in [0.25, 0.3) is 0 Å². The van der Waals surface area contributed by atoms with Crippen LogP contribution in [0.3, 0.4) is 0 Å². The molecule has 3 nitrogen and oxygen atoms in total. The van der Waals surface area contributed by atoms with Gasteiger partial charge in [-0.05, 0) is 20.8 Å². The predicted molar refractivity (Wildman–Crippen MR) is 48.2 cm³/mol. The third-order valence-corrected chi connectivity index (χ3v) is 2.30. The Kier molecular flexibility index (Phi) is 3.09. The van der Waals surface area contributed by atoms with Crippen LogP contribution in [0.1, 0.15) is 20.8 Å². The average Bonchev–Trinajstić information content (AvgIpc) is 2.03. The smallest absolute Gasteiger partial charge is 0.0645 e. The van der Waals surface area contributed by atoms with E-state index in [2.05, 4.69) is 25.7 Å². The highest BCUT2D eigenvalue weighted by Gasteiger charge is 2.30. The van der Waals surface area contributed by atoms with Gasteiger partial charge in [0.2, 0.25) is 0 Å². The first kappa shape index (κ1) is 9.96. The van der Waals surface area contributed by atoms with Crippen molar-refractivity contribution >= 4 is 0 Å². The second kappa shape index (κ2) is 3.73. The molecule has 0 aliphatic carbocycles. The molecule has 0 aromatic carbocycles. The zero-order chi connectivity index (χ0) is 9.19. The number of ether oxygens (including phenoxy) is 1. The summed E-state index contributed by atoms with van der Waals surface area (Å²) in [5.74, 6) is 0. The molecule has 1 heterocycles. The summed E-state index contributed by atoms with van der Waals surface area (Å²) in [5, 5.41) is 9.10. The van der Waals surface area contributed by atoms with Gasteiger partial charge in [-0.1, -0.05) is 0 Å². The lowest BCUT2D eigenvalue weighted by Crippen LogP contribution is -2.55. The fourth-order valence-corrected chi connectivity index (χ4v) is 1.69. The van der Waals surface area contributed by atoms with Crippen LogP contribution in [0.25, 0.3) is 0 Å². The highest BCUT2D eigenvalue weighted by molar-refractivity contribution is 4.84. The number of rotatable bonds is 1. The second-order valence-electron chi connectivity index (χ2n) is 4.28. The summed E-state index contributed by atoms with van der Waals surface area (Å²) in [6.07, 6.45) is 0. The number of hydrogen-bond donors (Lipinski definition) is 1. The quantitative estimate of drug-likeness (QED) is 0.626. The van der Waals surface area contributed by atoms with E-state index in [1.165, 1.54) is 0 Å². The minimum absolute atomic E-state index is 0.136. The largest absolute Gasteiger partial charge is 0.395 e. The molecule has 1 N–H and O–H groups in total. The minimum Gasteiger partial charge on any atom is -0.395 e. The van der Waals surface area contributed by atoms with Crippen molar-refractivity contribution in [2.45, 2.75) is 32.4 Å². The van der Waals surface area contributed by atoms with Crippen molar-refractivity contribution in [1.82, 2.24) is 4.90 Å². The van der Waals surface area contributed by atoms with E-state index in [0.29, 0.717) is 6.61 Å². The van der Waals surface area contributed by atoms with Crippen LogP contribution in [0.2, 0.25) is 0 Å². The standard InChI is InChI=1S/C9H19NO2/c1-9(2,3)10-4-5-12-7-8(10)6-11/h8,11H,4-7H2,1-3H3/t8-/m1/s1. The van der Waals surface area contributed by atoms with Crippen LogP contribution < -0.4 is 0 Å². The van der Waals surface area contributed by atoms with Gasteiger partial charge in [-0.25, -0.2) is 0 Å². The summed E-state index contributed by atoms with van der Waals surface area (Å²) in [4.78, 5) is 2.30. The van der Waals surface area contributed by atoms with Crippen molar-refractivity contribution in [3.8, 4) is 0 Å². The Morgan fingerprint density at radius 2 is 2.17 bits per heavy atom. The molecule has 1 aliphatic heterocycles. The molecule has 0 spiro atoms. The molecule has 12 heavy (non-hydrogen) atoms. The maximum absolute atomic E-state index is 9.10. The Bertz CT molecular complexity index is 142. The summed E-state index contributed by atoms with van der Waals surface area (Å²) >= 11 is 0.